The van der Waals surface area contributed by atoms with Crippen molar-refractivity contribution in [2.45, 2.75) is 33.2 Å². The van der Waals surface area contributed by atoms with Crippen molar-refractivity contribution in [3.8, 4) is 11.5 Å². The zero-order valence-electron chi connectivity index (χ0n) is 19.1. The largest absolute Gasteiger partial charge is 0.493 e. The third-order valence-corrected chi connectivity index (χ3v) is 5.96. The molecule has 0 saturated carbocycles. The Hall–Kier alpha value is -3.02. The number of aryl methyl sites for hydroxylation is 2. The Morgan fingerprint density at radius 1 is 1.10 bits per heavy atom. The van der Waals surface area contributed by atoms with Gasteiger partial charge in [0.05, 0.1) is 20.1 Å². The molecule has 2 aromatic carbocycles. The minimum atomic E-state index is -0.284. The topological polar surface area (TPSA) is 59.1 Å². The van der Waals surface area contributed by atoms with Crippen LogP contribution in [0, 0.1) is 19.8 Å². The number of methoxy groups -OCH3 is 2. The highest BCUT2D eigenvalue weighted by atomic mass is 16.5. The van der Waals surface area contributed by atoms with Gasteiger partial charge in [0.2, 0.25) is 11.8 Å². The third kappa shape index (κ3) is 5.37. The van der Waals surface area contributed by atoms with E-state index in [0.717, 1.165) is 11.1 Å². The van der Waals surface area contributed by atoms with Crippen molar-refractivity contribution >= 4 is 11.8 Å². The molecule has 3 rings (SSSR count). The molecule has 1 heterocycles. The third-order valence-electron chi connectivity index (χ3n) is 5.96. The van der Waals surface area contributed by atoms with Crippen LogP contribution in [0.5, 0.6) is 11.5 Å². The van der Waals surface area contributed by atoms with E-state index in [1.807, 2.05) is 25.2 Å². The molecule has 31 heavy (non-hydrogen) atoms. The lowest BCUT2D eigenvalue weighted by Gasteiger charge is -2.22. The molecule has 0 radical (unpaired) electrons. The van der Waals surface area contributed by atoms with Gasteiger partial charge in [0.25, 0.3) is 0 Å². The molecule has 0 aliphatic carbocycles. The van der Waals surface area contributed by atoms with Gasteiger partial charge in [-0.25, -0.2) is 0 Å². The summed E-state index contributed by atoms with van der Waals surface area (Å²) >= 11 is 0. The highest BCUT2D eigenvalue weighted by Gasteiger charge is 2.35. The van der Waals surface area contributed by atoms with Crippen LogP contribution in [-0.4, -0.2) is 56.0 Å². The maximum atomic E-state index is 13.0. The van der Waals surface area contributed by atoms with Gasteiger partial charge in [-0.15, -0.1) is 0 Å². The average molecular weight is 425 g/mol. The van der Waals surface area contributed by atoms with Gasteiger partial charge in [-0.1, -0.05) is 29.8 Å². The summed E-state index contributed by atoms with van der Waals surface area (Å²) in [7, 11) is 5.03. The molecule has 0 N–H and O–H groups in total. The summed E-state index contributed by atoms with van der Waals surface area (Å²) in [5.41, 5.74) is 4.59. The Morgan fingerprint density at radius 3 is 2.52 bits per heavy atom. The lowest BCUT2D eigenvalue weighted by Crippen LogP contribution is -2.35. The molecule has 2 amide bonds. The van der Waals surface area contributed by atoms with Gasteiger partial charge in [-0.3, -0.25) is 9.59 Å². The van der Waals surface area contributed by atoms with E-state index in [0.29, 0.717) is 37.6 Å². The first-order valence-electron chi connectivity index (χ1n) is 10.6. The number of carbonyl (C=O) groups is 2. The number of benzene rings is 2. The van der Waals surface area contributed by atoms with Crippen LogP contribution >= 0.6 is 0 Å². The number of hydrogen-bond donors (Lipinski definition) is 0. The summed E-state index contributed by atoms with van der Waals surface area (Å²) in [6.07, 6.45) is 0.980. The molecule has 1 aliphatic rings. The molecule has 0 bridgehead atoms. The van der Waals surface area contributed by atoms with Crippen LogP contribution in [0.1, 0.15) is 28.7 Å². The molecule has 1 saturated heterocycles. The summed E-state index contributed by atoms with van der Waals surface area (Å²) in [4.78, 5) is 29.0. The van der Waals surface area contributed by atoms with Crippen molar-refractivity contribution < 1.29 is 19.1 Å². The van der Waals surface area contributed by atoms with Gasteiger partial charge in [0.15, 0.2) is 11.5 Å². The van der Waals surface area contributed by atoms with Crippen molar-refractivity contribution in [2.75, 3.05) is 34.4 Å². The molecule has 1 fully saturated rings. The molecule has 1 aliphatic heterocycles. The first-order chi connectivity index (χ1) is 14.8. The van der Waals surface area contributed by atoms with Gasteiger partial charge in [0.1, 0.15) is 0 Å². The van der Waals surface area contributed by atoms with Crippen LogP contribution < -0.4 is 9.47 Å². The predicted octanol–water partition coefficient (Wildman–Crippen LogP) is 3.37. The Labute approximate surface area is 184 Å². The van der Waals surface area contributed by atoms with Crippen LogP contribution in [0.25, 0.3) is 0 Å². The van der Waals surface area contributed by atoms with E-state index in [-0.39, 0.29) is 24.2 Å². The smallest absolute Gasteiger partial charge is 0.228 e. The molecule has 1 atom stereocenters. The van der Waals surface area contributed by atoms with Gasteiger partial charge in [-0.2, -0.15) is 0 Å². The Kier molecular flexibility index (Phi) is 7.21. The van der Waals surface area contributed by atoms with E-state index in [4.69, 9.17) is 9.47 Å². The second-order valence-corrected chi connectivity index (χ2v) is 8.30. The summed E-state index contributed by atoms with van der Waals surface area (Å²) in [6, 6.07) is 12.0. The highest BCUT2D eigenvalue weighted by molar-refractivity contribution is 5.89. The van der Waals surface area contributed by atoms with Crippen LogP contribution in [0.3, 0.4) is 0 Å². The first kappa shape index (κ1) is 22.7. The standard InChI is InChI=1S/C25H32N2O4/c1-17-6-8-20(18(2)12-17)15-26(3)25(29)21-14-24(28)27(16-21)11-10-19-7-9-22(30-4)23(13-19)31-5/h6-9,12-13,21H,10-11,14-16H2,1-5H3. The van der Waals surface area contributed by atoms with Crippen LogP contribution in [0.4, 0.5) is 0 Å². The molecule has 0 aromatic heterocycles. The monoisotopic (exact) mass is 424 g/mol. The maximum Gasteiger partial charge on any atom is 0.228 e. The van der Waals surface area contributed by atoms with E-state index in [9.17, 15) is 9.59 Å². The zero-order chi connectivity index (χ0) is 22.5. The van der Waals surface area contributed by atoms with Crippen LogP contribution in [0.15, 0.2) is 36.4 Å². The lowest BCUT2D eigenvalue weighted by atomic mass is 10.0. The van der Waals surface area contributed by atoms with Crippen LogP contribution in [-0.2, 0) is 22.6 Å². The average Bonchev–Trinajstić information content (AvgIpc) is 3.13. The normalized spacial score (nSPS) is 15.8. The summed E-state index contributed by atoms with van der Waals surface area (Å²) in [5.74, 6) is 1.14. The molecular weight excluding hydrogens is 392 g/mol. The number of amides is 2. The lowest BCUT2D eigenvalue weighted by molar-refractivity contribution is -0.135. The minimum absolute atomic E-state index is 0.0296. The molecular formula is C25H32N2O4. The number of likely N-dealkylation sites (tertiary alicyclic amines) is 1. The molecule has 0 spiro atoms. The SMILES string of the molecule is COc1ccc(CCN2CC(C(=O)N(C)Cc3ccc(C)cc3C)CC2=O)cc1OC. The molecule has 6 nitrogen and oxygen atoms in total. The minimum Gasteiger partial charge on any atom is -0.493 e. The summed E-state index contributed by atoms with van der Waals surface area (Å²) < 4.78 is 10.6. The second kappa shape index (κ2) is 9.86. The van der Waals surface area contributed by atoms with Gasteiger partial charge >= 0.3 is 0 Å². The van der Waals surface area contributed by atoms with E-state index in [2.05, 4.69) is 32.0 Å². The number of ether oxygens (including phenoxy) is 2. The van der Waals surface area contributed by atoms with E-state index >= 15 is 0 Å². The van der Waals surface area contributed by atoms with Crippen molar-refractivity contribution in [1.29, 1.82) is 0 Å². The molecule has 6 heteroatoms. The number of nitrogens with zero attached hydrogens (tertiary/aromatic N) is 2. The van der Waals surface area contributed by atoms with Crippen molar-refractivity contribution in [3.05, 3.63) is 58.7 Å². The molecule has 2 aromatic rings. The zero-order valence-corrected chi connectivity index (χ0v) is 19.1. The molecule has 166 valence electrons. The van der Waals surface area contributed by atoms with Gasteiger partial charge in [0, 0.05) is 33.1 Å². The van der Waals surface area contributed by atoms with Gasteiger partial charge in [-0.05, 0) is 49.1 Å². The molecule has 1 unspecified atom stereocenters. The fourth-order valence-electron chi connectivity index (χ4n) is 4.12. The summed E-state index contributed by atoms with van der Waals surface area (Å²) in [6.45, 7) is 5.74. The van der Waals surface area contributed by atoms with Crippen molar-refractivity contribution in [1.82, 2.24) is 9.80 Å². The quantitative estimate of drug-likeness (QED) is 0.652. The Morgan fingerprint density at radius 2 is 1.84 bits per heavy atom. The first-order valence-corrected chi connectivity index (χ1v) is 10.6. The predicted molar refractivity (Wildman–Crippen MR) is 120 cm³/mol. The number of carbonyl (C=O) groups excluding carboxylic acids is 2. The van der Waals surface area contributed by atoms with E-state index < -0.39 is 0 Å². The van der Waals surface area contributed by atoms with E-state index in [1.165, 1.54) is 11.1 Å². The number of hydrogen-bond acceptors (Lipinski definition) is 4. The number of rotatable bonds is 8. The summed E-state index contributed by atoms with van der Waals surface area (Å²) in [5, 5.41) is 0. The Bertz CT molecular complexity index is 957. The second-order valence-electron chi connectivity index (χ2n) is 8.30. The van der Waals surface area contributed by atoms with Crippen molar-refractivity contribution in [2.24, 2.45) is 5.92 Å². The van der Waals surface area contributed by atoms with Gasteiger partial charge < -0.3 is 19.3 Å². The fourth-order valence-corrected chi connectivity index (χ4v) is 4.12. The fraction of sp³-hybridized carbons (Fsp3) is 0.440. The van der Waals surface area contributed by atoms with Crippen LogP contribution in [0.2, 0.25) is 0 Å². The Balaban J connectivity index is 1.57. The maximum absolute atomic E-state index is 13.0. The highest BCUT2D eigenvalue weighted by Crippen LogP contribution is 2.28. The van der Waals surface area contributed by atoms with Crippen molar-refractivity contribution in [3.63, 3.8) is 0 Å². The van der Waals surface area contributed by atoms with E-state index in [1.54, 1.807) is 24.0 Å².